The van der Waals surface area contributed by atoms with E-state index < -0.39 is 0 Å². The number of benzene rings is 3. The minimum Gasteiger partial charge on any atom is -0.494 e. The van der Waals surface area contributed by atoms with Gasteiger partial charge >= 0.3 is 6.03 Å². The van der Waals surface area contributed by atoms with Gasteiger partial charge < -0.3 is 19.5 Å². The Kier molecular flexibility index (Phi) is 6.64. The van der Waals surface area contributed by atoms with Crippen LogP contribution in [0.5, 0.6) is 5.75 Å². The van der Waals surface area contributed by atoms with Crippen LogP contribution in [0.2, 0.25) is 0 Å². The van der Waals surface area contributed by atoms with Crippen molar-refractivity contribution < 1.29 is 9.53 Å². The van der Waals surface area contributed by atoms with Gasteiger partial charge in [-0.05, 0) is 92.9 Å². The number of fused-ring (bicyclic) bond motifs is 3. The van der Waals surface area contributed by atoms with Crippen LogP contribution in [0.25, 0.3) is 11.5 Å². The van der Waals surface area contributed by atoms with Gasteiger partial charge in [-0.2, -0.15) is 5.10 Å². The van der Waals surface area contributed by atoms with Gasteiger partial charge in [0.25, 0.3) is 0 Å². The van der Waals surface area contributed by atoms with Crippen molar-refractivity contribution in [2.45, 2.75) is 40.3 Å². The lowest BCUT2D eigenvalue weighted by atomic mass is 10.0. The maximum absolute atomic E-state index is 14.2. The number of anilines is 1. The molecule has 7 nitrogen and oxygen atoms in total. The Hall–Kier alpha value is -4.78. The average molecular weight is 532 g/mol. The number of ether oxygens (including phenoxy) is 1. The molecule has 0 bridgehead atoms. The van der Waals surface area contributed by atoms with E-state index in [1.807, 2.05) is 96.2 Å². The van der Waals surface area contributed by atoms with Crippen LogP contribution in [0, 0.1) is 20.8 Å². The lowest BCUT2D eigenvalue weighted by Gasteiger charge is -2.31. The van der Waals surface area contributed by atoms with E-state index in [2.05, 4.69) is 42.1 Å². The number of aryl methyl sites for hydroxylation is 3. The number of carbonyl (C=O) groups excluding carboxylic acids is 1. The number of hydrogen-bond donors (Lipinski definition) is 1. The first-order valence-electron chi connectivity index (χ1n) is 13.6. The van der Waals surface area contributed by atoms with Gasteiger partial charge in [0.05, 0.1) is 36.3 Å². The third-order valence-electron chi connectivity index (χ3n) is 7.59. The summed E-state index contributed by atoms with van der Waals surface area (Å²) in [5.74, 6) is 1.72. The largest absolute Gasteiger partial charge is 0.494 e. The Morgan fingerprint density at radius 1 is 0.950 bits per heavy atom. The van der Waals surface area contributed by atoms with E-state index >= 15 is 0 Å². The van der Waals surface area contributed by atoms with Crippen LogP contribution in [0.15, 0.2) is 91.1 Å². The Balaban J connectivity index is 1.52. The van der Waals surface area contributed by atoms with Crippen molar-refractivity contribution in [3.8, 4) is 17.3 Å². The van der Waals surface area contributed by atoms with Crippen LogP contribution < -0.4 is 10.1 Å². The second-order valence-corrected chi connectivity index (χ2v) is 10.2. The zero-order chi connectivity index (χ0) is 27.8. The summed E-state index contributed by atoms with van der Waals surface area (Å²) in [6, 6.07) is 27.7. The third-order valence-corrected chi connectivity index (χ3v) is 7.59. The Bertz CT molecular complexity index is 1680. The highest BCUT2D eigenvalue weighted by Gasteiger charge is 2.36. The molecule has 0 aliphatic carbocycles. The van der Waals surface area contributed by atoms with Crippen LogP contribution in [0.1, 0.15) is 46.6 Å². The standard InChI is InChI=1S/C33H33N5O2/c1-5-40-28-14-9-11-25(20-28)31-30-15-10-18-36(30)32-29(24(4)35-38(32)27-12-7-6-8-13-27)21-37(31)33(39)34-26-17-16-22(2)23(3)19-26/h6-20,31H,5,21H2,1-4H3,(H,34,39). The van der Waals surface area contributed by atoms with Gasteiger partial charge in [0, 0.05) is 17.4 Å². The molecule has 3 aromatic carbocycles. The van der Waals surface area contributed by atoms with Crippen molar-refractivity contribution in [2.24, 2.45) is 0 Å². The number of rotatable bonds is 5. The first-order valence-corrected chi connectivity index (χ1v) is 13.6. The maximum atomic E-state index is 14.2. The quantitative estimate of drug-likeness (QED) is 0.263. The molecule has 0 fully saturated rings. The van der Waals surface area contributed by atoms with Gasteiger partial charge in [0.15, 0.2) is 0 Å². The topological polar surface area (TPSA) is 64.3 Å². The molecule has 202 valence electrons. The number of nitrogens with zero attached hydrogens (tertiary/aromatic N) is 4. The number of urea groups is 1. The van der Waals surface area contributed by atoms with E-state index in [4.69, 9.17) is 9.84 Å². The zero-order valence-electron chi connectivity index (χ0n) is 23.3. The van der Waals surface area contributed by atoms with E-state index in [-0.39, 0.29) is 12.1 Å². The van der Waals surface area contributed by atoms with Crippen LogP contribution in [0.3, 0.4) is 0 Å². The van der Waals surface area contributed by atoms with Gasteiger partial charge in [-0.15, -0.1) is 0 Å². The average Bonchev–Trinajstić information content (AvgIpc) is 3.52. The van der Waals surface area contributed by atoms with Crippen LogP contribution in [0.4, 0.5) is 10.5 Å². The minimum absolute atomic E-state index is 0.178. The van der Waals surface area contributed by atoms with Crippen molar-refractivity contribution in [3.05, 3.63) is 125 Å². The fourth-order valence-corrected chi connectivity index (χ4v) is 5.46. The second-order valence-electron chi connectivity index (χ2n) is 10.2. The van der Waals surface area contributed by atoms with Gasteiger partial charge in [-0.3, -0.25) is 0 Å². The van der Waals surface area contributed by atoms with Crippen molar-refractivity contribution in [3.63, 3.8) is 0 Å². The van der Waals surface area contributed by atoms with Gasteiger partial charge in [-0.1, -0.05) is 36.4 Å². The highest BCUT2D eigenvalue weighted by atomic mass is 16.5. The van der Waals surface area contributed by atoms with Crippen LogP contribution in [-0.4, -0.2) is 31.9 Å². The highest BCUT2D eigenvalue weighted by Crippen LogP contribution is 2.39. The molecule has 0 saturated heterocycles. The molecule has 2 amide bonds. The Labute approximate surface area is 234 Å². The predicted octanol–water partition coefficient (Wildman–Crippen LogP) is 7.12. The zero-order valence-corrected chi connectivity index (χ0v) is 23.3. The van der Waals surface area contributed by atoms with Gasteiger partial charge in [-0.25, -0.2) is 9.48 Å². The summed E-state index contributed by atoms with van der Waals surface area (Å²) in [4.78, 5) is 16.1. The van der Waals surface area contributed by atoms with E-state index in [1.165, 1.54) is 5.56 Å². The van der Waals surface area contributed by atoms with Gasteiger partial charge in [0.2, 0.25) is 0 Å². The van der Waals surface area contributed by atoms with Crippen molar-refractivity contribution >= 4 is 11.7 Å². The molecule has 6 rings (SSSR count). The highest BCUT2D eigenvalue weighted by molar-refractivity contribution is 5.90. The molecular formula is C33H33N5O2. The monoisotopic (exact) mass is 531 g/mol. The van der Waals surface area contributed by atoms with Gasteiger partial charge in [0.1, 0.15) is 11.6 Å². The number of amides is 2. The molecule has 0 saturated carbocycles. The predicted molar refractivity (Wildman–Crippen MR) is 158 cm³/mol. The summed E-state index contributed by atoms with van der Waals surface area (Å²) in [7, 11) is 0. The van der Waals surface area contributed by atoms with Crippen molar-refractivity contribution in [2.75, 3.05) is 11.9 Å². The number of aromatic nitrogens is 3. The fourth-order valence-electron chi connectivity index (χ4n) is 5.46. The smallest absolute Gasteiger partial charge is 0.322 e. The molecule has 7 heteroatoms. The van der Waals surface area contributed by atoms with Crippen molar-refractivity contribution in [1.29, 1.82) is 0 Å². The Morgan fingerprint density at radius 2 is 1.77 bits per heavy atom. The number of hydrogen-bond acceptors (Lipinski definition) is 3. The summed E-state index contributed by atoms with van der Waals surface area (Å²) < 4.78 is 10.0. The third kappa shape index (κ3) is 4.53. The summed E-state index contributed by atoms with van der Waals surface area (Å²) >= 11 is 0. The maximum Gasteiger partial charge on any atom is 0.322 e. The first-order chi connectivity index (χ1) is 19.4. The SMILES string of the molecule is CCOc1cccc(C2c3cccn3-c3c(c(C)nn3-c3ccccc3)CN2C(=O)Nc2ccc(C)c(C)c2)c1. The molecule has 1 aliphatic heterocycles. The summed E-state index contributed by atoms with van der Waals surface area (Å²) in [6.45, 7) is 9.06. The molecule has 0 radical (unpaired) electrons. The number of para-hydroxylation sites is 1. The van der Waals surface area contributed by atoms with E-state index in [0.717, 1.165) is 51.0 Å². The molecule has 3 heterocycles. The molecule has 1 atom stereocenters. The number of nitrogens with one attached hydrogen (secondary N) is 1. The molecule has 1 N–H and O–H groups in total. The molecule has 1 unspecified atom stereocenters. The normalized spacial score (nSPS) is 14.3. The summed E-state index contributed by atoms with van der Waals surface area (Å²) in [5, 5.41) is 8.11. The second kappa shape index (κ2) is 10.4. The molecule has 0 spiro atoms. The summed E-state index contributed by atoms with van der Waals surface area (Å²) in [5.41, 5.74) is 7.88. The summed E-state index contributed by atoms with van der Waals surface area (Å²) in [6.07, 6.45) is 2.05. The fraction of sp³-hybridized carbons (Fsp3) is 0.212. The molecule has 2 aromatic heterocycles. The van der Waals surface area contributed by atoms with E-state index in [0.29, 0.717) is 13.2 Å². The lowest BCUT2D eigenvalue weighted by Crippen LogP contribution is -2.38. The molecular weight excluding hydrogens is 498 g/mol. The lowest BCUT2D eigenvalue weighted by molar-refractivity contribution is 0.194. The van der Waals surface area contributed by atoms with Crippen molar-refractivity contribution in [1.82, 2.24) is 19.2 Å². The Morgan fingerprint density at radius 3 is 2.55 bits per heavy atom. The van der Waals surface area contributed by atoms with E-state index in [1.54, 1.807) is 0 Å². The van der Waals surface area contributed by atoms with Crippen LogP contribution in [-0.2, 0) is 6.54 Å². The molecule has 1 aliphatic rings. The minimum atomic E-state index is -0.363. The molecule has 5 aromatic rings. The number of carbonyl (C=O) groups is 1. The first kappa shape index (κ1) is 25.5. The molecule has 40 heavy (non-hydrogen) atoms. The van der Waals surface area contributed by atoms with E-state index in [9.17, 15) is 4.79 Å². The van der Waals surface area contributed by atoms with Crippen LogP contribution >= 0.6 is 0 Å².